The zero-order valence-corrected chi connectivity index (χ0v) is 13.0. The van der Waals surface area contributed by atoms with Crippen LogP contribution < -0.4 is 16.7 Å². The minimum absolute atomic E-state index is 0. The molecule has 1 fully saturated rings. The molecule has 8 heteroatoms. The highest BCUT2D eigenvalue weighted by Crippen LogP contribution is 2.28. The van der Waals surface area contributed by atoms with E-state index in [9.17, 15) is 9.59 Å². The third-order valence-electron chi connectivity index (χ3n) is 4.14. The van der Waals surface area contributed by atoms with Crippen LogP contribution in [0.3, 0.4) is 0 Å². The summed E-state index contributed by atoms with van der Waals surface area (Å²) in [5.41, 5.74) is 5.71. The Hall–Kier alpha value is -1.86. The van der Waals surface area contributed by atoms with Crippen molar-refractivity contribution in [1.29, 1.82) is 0 Å². The Morgan fingerprint density at radius 1 is 1.36 bits per heavy atom. The maximum Gasteiger partial charge on any atom is 0.350 e. The van der Waals surface area contributed by atoms with Crippen LogP contribution in [0.2, 0.25) is 0 Å². The number of halogens is 1. The third kappa shape index (κ3) is 3.00. The molecule has 2 aromatic heterocycles. The predicted octanol–water partition coefficient (Wildman–Crippen LogP) is 0.305. The van der Waals surface area contributed by atoms with Crippen molar-refractivity contribution in [1.82, 2.24) is 19.5 Å². The van der Waals surface area contributed by atoms with Gasteiger partial charge in [-0.25, -0.2) is 9.48 Å². The number of fused-ring (bicyclic) bond motifs is 1. The number of hydrogen-bond donors (Lipinski definition) is 2. The summed E-state index contributed by atoms with van der Waals surface area (Å²) in [5, 5.41) is 7.14. The highest BCUT2D eigenvalue weighted by molar-refractivity contribution is 5.85. The van der Waals surface area contributed by atoms with Gasteiger partial charge in [0.05, 0.1) is 5.54 Å². The molecule has 2 heterocycles. The number of rotatable bonds is 4. The number of nitrogens with zero attached hydrogens (tertiary/aromatic N) is 3. The van der Waals surface area contributed by atoms with Gasteiger partial charge in [0.25, 0.3) is 0 Å². The van der Waals surface area contributed by atoms with Crippen molar-refractivity contribution in [3.8, 4) is 0 Å². The molecule has 0 spiro atoms. The second-order valence-corrected chi connectivity index (χ2v) is 5.61. The van der Waals surface area contributed by atoms with Gasteiger partial charge < -0.3 is 11.1 Å². The van der Waals surface area contributed by atoms with Crippen LogP contribution in [-0.4, -0.2) is 32.2 Å². The maximum atomic E-state index is 12.2. The molecule has 7 nitrogen and oxygen atoms in total. The van der Waals surface area contributed by atoms with E-state index in [2.05, 4.69) is 10.4 Å². The smallest absolute Gasteiger partial charge is 0.348 e. The normalized spacial score (nSPS) is 16.4. The fraction of sp³-hybridized carbons (Fsp3) is 0.500. The van der Waals surface area contributed by atoms with Gasteiger partial charge in [-0.2, -0.15) is 0 Å². The topological polar surface area (TPSA) is 94.4 Å². The van der Waals surface area contributed by atoms with E-state index in [0.717, 1.165) is 25.7 Å². The van der Waals surface area contributed by atoms with Crippen molar-refractivity contribution >= 4 is 24.0 Å². The molecule has 3 N–H and O–H groups in total. The SMILES string of the molecule is Cl.NCC1(NC(=O)Cn2nc3ccccn3c2=O)CCCC1. The number of carbonyl (C=O) groups is 1. The molecule has 0 aliphatic heterocycles. The zero-order chi connectivity index (χ0) is 14.9. The molecular formula is C14H20ClN5O2. The van der Waals surface area contributed by atoms with Crippen molar-refractivity contribution in [3.05, 3.63) is 34.9 Å². The lowest BCUT2D eigenvalue weighted by Crippen LogP contribution is -2.53. The van der Waals surface area contributed by atoms with Gasteiger partial charge in [-0.05, 0) is 25.0 Å². The molecule has 1 saturated carbocycles. The van der Waals surface area contributed by atoms with E-state index in [1.807, 2.05) is 0 Å². The molecule has 1 aliphatic rings. The van der Waals surface area contributed by atoms with Gasteiger partial charge in [-0.3, -0.25) is 9.20 Å². The Morgan fingerprint density at radius 2 is 2.09 bits per heavy atom. The van der Waals surface area contributed by atoms with Gasteiger partial charge in [0.15, 0.2) is 5.65 Å². The number of amides is 1. The minimum Gasteiger partial charge on any atom is -0.348 e. The number of carbonyl (C=O) groups excluding carboxylic acids is 1. The number of nitrogens with two attached hydrogens (primary N) is 1. The highest BCUT2D eigenvalue weighted by atomic mass is 35.5. The molecular weight excluding hydrogens is 306 g/mol. The van der Waals surface area contributed by atoms with E-state index >= 15 is 0 Å². The van der Waals surface area contributed by atoms with Crippen molar-refractivity contribution < 1.29 is 4.79 Å². The second-order valence-electron chi connectivity index (χ2n) is 5.61. The zero-order valence-electron chi connectivity index (χ0n) is 12.2. The van der Waals surface area contributed by atoms with E-state index < -0.39 is 0 Å². The van der Waals surface area contributed by atoms with Gasteiger partial charge in [0, 0.05) is 12.7 Å². The van der Waals surface area contributed by atoms with E-state index in [4.69, 9.17) is 5.73 Å². The van der Waals surface area contributed by atoms with Crippen molar-refractivity contribution in [2.24, 2.45) is 5.73 Å². The van der Waals surface area contributed by atoms with Crippen LogP contribution in [0.15, 0.2) is 29.2 Å². The average molecular weight is 326 g/mol. The largest absolute Gasteiger partial charge is 0.350 e. The van der Waals surface area contributed by atoms with Gasteiger partial charge in [0.2, 0.25) is 5.91 Å². The van der Waals surface area contributed by atoms with Crippen LogP contribution in [0.25, 0.3) is 5.65 Å². The quantitative estimate of drug-likeness (QED) is 0.845. The van der Waals surface area contributed by atoms with Crippen LogP contribution in [0.1, 0.15) is 25.7 Å². The van der Waals surface area contributed by atoms with E-state index in [-0.39, 0.29) is 36.1 Å². The molecule has 1 aliphatic carbocycles. The summed E-state index contributed by atoms with van der Waals surface area (Å²) in [4.78, 5) is 24.3. The van der Waals surface area contributed by atoms with Gasteiger partial charge >= 0.3 is 5.69 Å². The molecule has 0 saturated heterocycles. The molecule has 0 aromatic carbocycles. The molecule has 22 heavy (non-hydrogen) atoms. The number of nitrogens with one attached hydrogen (secondary N) is 1. The number of aromatic nitrogens is 3. The van der Waals surface area contributed by atoms with Gasteiger partial charge in [0.1, 0.15) is 6.54 Å². The summed E-state index contributed by atoms with van der Waals surface area (Å²) in [5.74, 6) is -0.215. The fourth-order valence-electron chi connectivity index (χ4n) is 2.97. The van der Waals surface area contributed by atoms with Crippen LogP contribution in [0, 0.1) is 0 Å². The summed E-state index contributed by atoms with van der Waals surface area (Å²) in [6.45, 7) is 0.348. The first-order valence-corrected chi connectivity index (χ1v) is 7.19. The summed E-state index contributed by atoms with van der Waals surface area (Å²) in [7, 11) is 0. The van der Waals surface area contributed by atoms with Gasteiger partial charge in [-0.1, -0.05) is 18.9 Å². The summed E-state index contributed by atoms with van der Waals surface area (Å²) in [6, 6.07) is 5.28. The van der Waals surface area contributed by atoms with Crippen LogP contribution in [0.4, 0.5) is 0 Å². The van der Waals surface area contributed by atoms with Crippen LogP contribution in [-0.2, 0) is 11.3 Å². The monoisotopic (exact) mass is 325 g/mol. The third-order valence-corrected chi connectivity index (χ3v) is 4.14. The first kappa shape index (κ1) is 16.5. The molecule has 120 valence electrons. The first-order chi connectivity index (χ1) is 10.1. The fourth-order valence-corrected chi connectivity index (χ4v) is 2.97. The Morgan fingerprint density at radius 3 is 2.73 bits per heavy atom. The number of pyridine rings is 1. The van der Waals surface area contributed by atoms with Crippen molar-refractivity contribution in [2.75, 3.05) is 6.54 Å². The molecule has 3 rings (SSSR count). The maximum absolute atomic E-state index is 12.2. The minimum atomic E-state index is -0.311. The molecule has 1 amide bonds. The molecule has 2 aromatic rings. The molecule has 0 unspecified atom stereocenters. The van der Waals surface area contributed by atoms with E-state index in [0.29, 0.717) is 12.2 Å². The predicted molar refractivity (Wildman–Crippen MR) is 85.1 cm³/mol. The lowest BCUT2D eigenvalue weighted by atomic mass is 9.98. The Bertz CT molecular complexity index is 717. The summed E-state index contributed by atoms with van der Waals surface area (Å²) < 4.78 is 2.60. The Kier molecular flexibility index (Phi) is 4.87. The van der Waals surface area contributed by atoms with Crippen molar-refractivity contribution in [2.45, 2.75) is 37.8 Å². The summed E-state index contributed by atoms with van der Waals surface area (Å²) >= 11 is 0. The second kappa shape index (κ2) is 6.50. The van der Waals surface area contributed by atoms with E-state index in [1.54, 1.807) is 24.4 Å². The molecule has 0 atom stereocenters. The lowest BCUT2D eigenvalue weighted by molar-refractivity contribution is -0.123. The van der Waals surface area contributed by atoms with Crippen LogP contribution in [0.5, 0.6) is 0 Å². The standard InChI is InChI=1S/C14H19N5O2.ClH/c15-10-14(6-2-3-7-14)16-12(20)9-19-13(21)18-8-4-1-5-11(18)17-19;/h1,4-5,8H,2-3,6-7,9-10,15H2,(H,16,20);1H. The highest BCUT2D eigenvalue weighted by Gasteiger charge is 2.33. The van der Waals surface area contributed by atoms with Crippen molar-refractivity contribution in [3.63, 3.8) is 0 Å². The van der Waals surface area contributed by atoms with E-state index in [1.165, 1.54) is 9.08 Å². The Labute approximate surface area is 133 Å². The Balaban J connectivity index is 0.00000176. The summed E-state index contributed by atoms with van der Waals surface area (Å²) in [6.07, 6.45) is 5.58. The molecule has 0 bridgehead atoms. The lowest BCUT2D eigenvalue weighted by Gasteiger charge is -2.28. The number of hydrogen-bond acceptors (Lipinski definition) is 4. The van der Waals surface area contributed by atoms with Crippen LogP contribution >= 0.6 is 12.4 Å². The average Bonchev–Trinajstić information content (AvgIpc) is 3.06. The van der Waals surface area contributed by atoms with Gasteiger partial charge in [-0.15, -0.1) is 17.5 Å². The molecule has 0 radical (unpaired) electrons. The first-order valence-electron chi connectivity index (χ1n) is 7.19.